The van der Waals surface area contributed by atoms with Crippen LogP contribution in [0.3, 0.4) is 0 Å². The molecule has 2 fully saturated rings. The van der Waals surface area contributed by atoms with Gasteiger partial charge in [0.15, 0.2) is 0 Å². The summed E-state index contributed by atoms with van der Waals surface area (Å²) < 4.78 is 0. The van der Waals surface area contributed by atoms with Crippen LogP contribution in [-0.2, 0) is 0 Å². The van der Waals surface area contributed by atoms with E-state index in [0.717, 1.165) is 5.57 Å². The third kappa shape index (κ3) is 1.98. The van der Waals surface area contributed by atoms with E-state index < -0.39 is 0 Å². The highest BCUT2D eigenvalue weighted by atomic mass is 16.3. The first-order valence-corrected chi connectivity index (χ1v) is 6.52. The summed E-state index contributed by atoms with van der Waals surface area (Å²) in [5, 5.41) is 9.13. The standard InChI is InChI=1S/C15H24O/c1-11(10-16)9-13-6-8-15(3)7-4-5-12(2)14(13)15/h9,13-14,16H,2,4-8,10H2,1,3H3/b11-9+/t13-,14-,15-/m0/s1. The van der Waals surface area contributed by atoms with E-state index in [1.165, 1.54) is 37.7 Å². The van der Waals surface area contributed by atoms with E-state index in [1.807, 2.05) is 6.92 Å². The number of aliphatic hydroxyl groups excluding tert-OH is 1. The Morgan fingerprint density at radius 1 is 1.56 bits per heavy atom. The first kappa shape index (κ1) is 11.9. The number of rotatable bonds is 2. The van der Waals surface area contributed by atoms with Gasteiger partial charge in [0.2, 0.25) is 0 Å². The van der Waals surface area contributed by atoms with E-state index in [2.05, 4.69) is 19.6 Å². The van der Waals surface area contributed by atoms with E-state index in [-0.39, 0.29) is 6.61 Å². The summed E-state index contributed by atoms with van der Waals surface area (Å²) in [6.07, 6.45) is 8.80. The molecule has 3 atom stereocenters. The Kier molecular flexibility index (Phi) is 3.25. The Bertz CT molecular complexity index is 315. The van der Waals surface area contributed by atoms with Gasteiger partial charge in [-0.25, -0.2) is 0 Å². The van der Waals surface area contributed by atoms with Crippen LogP contribution in [0, 0.1) is 17.3 Å². The van der Waals surface area contributed by atoms with Gasteiger partial charge >= 0.3 is 0 Å². The van der Waals surface area contributed by atoms with Crippen molar-refractivity contribution in [1.29, 1.82) is 0 Å². The van der Waals surface area contributed by atoms with Gasteiger partial charge in [-0.1, -0.05) is 30.7 Å². The highest BCUT2D eigenvalue weighted by Gasteiger charge is 2.46. The molecule has 90 valence electrons. The fourth-order valence-electron chi connectivity index (χ4n) is 3.88. The van der Waals surface area contributed by atoms with Gasteiger partial charge in [-0.2, -0.15) is 0 Å². The molecule has 1 nitrogen and oxygen atoms in total. The third-order valence-electron chi connectivity index (χ3n) is 4.66. The molecular weight excluding hydrogens is 196 g/mol. The number of fused-ring (bicyclic) bond motifs is 1. The van der Waals surface area contributed by atoms with Crippen LogP contribution in [0.1, 0.15) is 46.0 Å². The van der Waals surface area contributed by atoms with Crippen LogP contribution in [0.4, 0.5) is 0 Å². The molecule has 0 heterocycles. The van der Waals surface area contributed by atoms with Crippen LogP contribution in [0.2, 0.25) is 0 Å². The summed E-state index contributed by atoms with van der Waals surface area (Å²) in [7, 11) is 0. The molecule has 2 rings (SSSR count). The fraction of sp³-hybridized carbons (Fsp3) is 0.733. The van der Waals surface area contributed by atoms with Crippen molar-refractivity contribution in [1.82, 2.24) is 0 Å². The van der Waals surface area contributed by atoms with Crippen LogP contribution >= 0.6 is 0 Å². The minimum atomic E-state index is 0.201. The van der Waals surface area contributed by atoms with Crippen molar-refractivity contribution in [3.8, 4) is 0 Å². The van der Waals surface area contributed by atoms with Crippen molar-refractivity contribution in [2.75, 3.05) is 6.61 Å². The highest BCUT2D eigenvalue weighted by Crippen LogP contribution is 2.56. The number of hydrogen-bond acceptors (Lipinski definition) is 1. The molecule has 16 heavy (non-hydrogen) atoms. The second kappa shape index (κ2) is 4.37. The number of hydrogen-bond donors (Lipinski definition) is 1. The molecule has 0 aromatic heterocycles. The summed E-state index contributed by atoms with van der Waals surface area (Å²) in [6.45, 7) is 8.96. The molecule has 0 radical (unpaired) electrons. The summed E-state index contributed by atoms with van der Waals surface area (Å²) in [5.74, 6) is 1.30. The van der Waals surface area contributed by atoms with Crippen molar-refractivity contribution >= 4 is 0 Å². The summed E-state index contributed by atoms with van der Waals surface area (Å²) in [5.41, 5.74) is 3.07. The lowest BCUT2D eigenvalue weighted by Crippen LogP contribution is -2.30. The van der Waals surface area contributed by atoms with E-state index in [4.69, 9.17) is 5.11 Å². The lowest BCUT2D eigenvalue weighted by molar-refractivity contribution is 0.187. The molecule has 1 heteroatoms. The maximum Gasteiger partial charge on any atom is 0.0639 e. The fourth-order valence-corrected chi connectivity index (χ4v) is 3.88. The number of allylic oxidation sites excluding steroid dienone is 2. The monoisotopic (exact) mass is 220 g/mol. The van der Waals surface area contributed by atoms with Gasteiger partial charge in [0.1, 0.15) is 0 Å². The van der Waals surface area contributed by atoms with E-state index in [0.29, 0.717) is 17.3 Å². The van der Waals surface area contributed by atoms with E-state index in [9.17, 15) is 0 Å². The zero-order chi connectivity index (χ0) is 11.8. The molecule has 0 spiro atoms. The van der Waals surface area contributed by atoms with Gasteiger partial charge in [-0.3, -0.25) is 0 Å². The zero-order valence-electron chi connectivity index (χ0n) is 10.6. The van der Waals surface area contributed by atoms with Crippen LogP contribution in [-0.4, -0.2) is 11.7 Å². The minimum Gasteiger partial charge on any atom is -0.392 e. The predicted octanol–water partition coefficient (Wildman–Crippen LogP) is 3.70. The van der Waals surface area contributed by atoms with Crippen LogP contribution in [0.5, 0.6) is 0 Å². The van der Waals surface area contributed by atoms with Crippen molar-refractivity contribution in [2.45, 2.75) is 46.0 Å². The topological polar surface area (TPSA) is 20.2 Å². The average Bonchev–Trinajstić information content (AvgIpc) is 2.57. The lowest BCUT2D eigenvalue weighted by atomic mass is 9.65. The Balaban J connectivity index is 2.21. The van der Waals surface area contributed by atoms with Crippen LogP contribution < -0.4 is 0 Å². The van der Waals surface area contributed by atoms with Crippen molar-refractivity contribution < 1.29 is 5.11 Å². The van der Waals surface area contributed by atoms with Gasteiger partial charge in [-0.05, 0) is 56.3 Å². The maximum atomic E-state index is 9.13. The van der Waals surface area contributed by atoms with Gasteiger partial charge in [-0.15, -0.1) is 0 Å². The normalized spacial score (nSPS) is 39.9. The molecule has 0 saturated heterocycles. The van der Waals surface area contributed by atoms with Crippen molar-refractivity contribution in [3.05, 3.63) is 23.8 Å². The predicted molar refractivity (Wildman–Crippen MR) is 68.2 cm³/mol. The average molecular weight is 220 g/mol. The first-order valence-electron chi connectivity index (χ1n) is 6.52. The molecular formula is C15H24O. The third-order valence-corrected chi connectivity index (χ3v) is 4.66. The van der Waals surface area contributed by atoms with Gasteiger partial charge in [0.25, 0.3) is 0 Å². The molecule has 0 aromatic rings. The zero-order valence-corrected chi connectivity index (χ0v) is 10.6. The molecule has 2 aliphatic carbocycles. The molecule has 0 bridgehead atoms. The van der Waals surface area contributed by atoms with E-state index >= 15 is 0 Å². The first-order chi connectivity index (χ1) is 7.57. The maximum absolute atomic E-state index is 9.13. The Morgan fingerprint density at radius 2 is 2.31 bits per heavy atom. The molecule has 2 aliphatic rings. The SMILES string of the molecule is C=C1CCC[C@@]2(C)CC[C@@H](/C=C(\C)CO)[C@H]12. The summed E-state index contributed by atoms with van der Waals surface area (Å²) in [6, 6.07) is 0. The minimum absolute atomic E-state index is 0.201. The van der Waals surface area contributed by atoms with Crippen molar-refractivity contribution in [2.24, 2.45) is 17.3 Å². The Labute approximate surface area is 99.3 Å². The van der Waals surface area contributed by atoms with Crippen molar-refractivity contribution in [3.63, 3.8) is 0 Å². The van der Waals surface area contributed by atoms with Crippen LogP contribution in [0.15, 0.2) is 23.8 Å². The molecule has 0 aliphatic heterocycles. The Hall–Kier alpha value is -0.560. The summed E-state index contributed by atoms with van der Waals surface area (Å²) >= 11 is 0. The molecule has 1 N–H and O–H groups in total. The number of aliphatic hydroxyl groups is 1. The molecule has 0 unspecified atom stereocenters. The Morgan fingerprint density at radius 3 is 3.00 bits per heavy atom. The smallest absolute Gasteiger partial charge is 0.0639 e. The molecule has 0 amide bonds. The van der Waals surface area contributed by atoms with Gasteiger partial charge in [0.05, 0.1) is 6.61 Å². The molecule has 2 saturated carbocycles. The van der Waals surface area contributed by atoms with Gasteiger partial charge in [0, 0.05) is 0 Å². The largest absolute Gasteiger partial charge is 0.392 e. The lowest BCUT2D eigenvalue weighted by Gasteiger charge is -2.39. The summed E-state index contributed by atoms with van der Waals surface area (Å²) in [4.78, 5) is 0. The highest BCUT2D eigenvalue weighted by molar-refractivity contribution is 5.20. The van der Waals surface area contributed by atoms with E-state index in [1.54, 1.807) is 0 Å². The second-order valence-electron chi connectivity index (χ2n) is 6.02. The second-order valence-corrected chi connectivity index (χ2v) is 6.02. The molecule has 0 aromatic carbocycles. The van der Waals surface area contributed by atoms with Gasteiger partial charge < -0.3 is 5.11 Å². The van der Waals surface area contributed by atoms with Crippen LogP contribution in [0.25, 0.3) is 0 Å². The quantitative estimate of drug-likeness (QED) is 0.704.